The zero-order valence-electron chi connectivity index (χ0n) is 6.68. The fourth-order valence-electron chi connectivity index (χ4n) is 1.07. The summed E-state index contributed by atoms with van der Waals surface area (Å²) in [4.78, 5) is 0. The lowest BCUT2D eigenvalue weighted by Crippen LogP contribution is -2.07. The Balaban J connectivity index is 3.24. The first-order chi connectivity index (χ1) is 5.15. The van der Waals surface area contributed by atoms with Gasteiger partial charge in [0.05, 0.1) is 5.69 Å². The van der Waals surface area contributed by atoms with Crippen molar-refractivity contribution in [1.29, 1.82) is 0 Å². The van der Waals surface area contributed by atoms with E-state index in [4.69, 9.17) is 5.84 Å². The van der Waals surface area contributed by atoms with Gasteiger partial charge in [0.1, 0.15) is 5.75 Å². The van der Waals surface area contributed by atoms with Gasteiger partial charge < -0.3 is 10.5 Å². The Labute approximate surface area is 65.8 Å². The molecule has 0 spiro atoms. The standard InChI is InChI=1S/C8H12N2O/c1-5-3-6(2)8(11)7(4-5)10-9/h3-4,10-11H,9H2,1-2H3. The third-order valence-electron chi connectivity index (χ3n) is 1.60. The normalized spacial score (nSPS) is 9.73. The van der Waals surface area contributed by atoms with Gasteiger partial charge in [-0.05, 0) is 31.0 Å². The molecular weight excluding hydrogens is 140 g/mol. The summed E-state index contributed by atoms with van der Waals surface area (Å²) in [5, 5.41) is 9.38. The number of hydrazine groups is 1. The Hall–Kier alpha value is -1.22. The highest BCUT2D eigenvalue weighted by molar-refractivity contribution is 5.59. The zero-order valence-corrected chi connectivity index (χ0v) is 6.68. The van der Waals surface area contributed by atoms with Crippen molar-refractivity contribution in [3.05, 3.63) is 23.3 Å². The van der Waals surface area contributed by atoms with Crippen LogP contribution in [-0.4, -0.2) is 5.11 Å². The molecule has 0 unspecified atom stereocenters. The number of phenolic OH excluding ortho intramolecular Hbond substituents is 1. The Kier molecular flexibility index (Phi) is 2.01. The molecule has 1 aromatic rings. The third kappa shape index (κ3) is 1.43. The predicted octanol–water partition coefficient (Wildman–Crippen LogP) is 1.29. The van der Waals surface area contributed by atoms with Crippen LogP contribution < -0.4 is 11.3 Å². The first-order valence-corrected chi connectivity index (χ1v) is 3.42. The summed E-state index contributed by atoms with van der Waals surface area (Å²) in [5.74, 6) is 5.40. The van der Waals surface area contributed by atoms with Crippen molar-refractivity contribution in [3.8, 4) is 5.75 Å². The van der Waals surface area contributed by atoms with Gasteiger partial charge in [-0.25, -0.2) is 0 Å². The lowest BCUT2D eigenvalue weighted by Gasteiger charge is -2.06. The van der Waals surface area contributed by atoms with E-state index in [0.717, 1.165) is 11.1 Å². The third-order valence-corrected chi connectivity index (χ3v) is 1.60. The molecule has 0 amide bonds. The Bertz CT molecular complexity index is 271. The summed E-state index contributed by atoms with van der Waals surface area (Å²) in [6.45, 7) is 3.79. The number of aromatic hydroxyl groups is 1. The molecular formula is C8H12N2O. The second kappa shape index (κ2) is 2.80. The van der Waals surface area contributed by atoms with E-state index in [-0.39, 0.29) is 5.75 Å². The van der Waals surface area contributed by atoms with Gasteiger partial charge in [0.15, 0.2) is 0 Å². The maximum absolute atomic E-state index is 9.38. The van der Waals surface area contributed by atoms with E-state index in [1.165, 1.54) is 0 Å². The lowest BCUT2D eigenvalue weighted by molar-refractivity contribution is 0.473. The summed E-state index contributed by atoms with van der Waals surface area (Å²) in [7, 11) is 0. The average molecular weight is 152 g/mol. The second-order valence-corrected chi connectivity index (χ2v) is 2.62. The van der Waals surface area contributed by atoms with Crippen molar-refractivity contribution in [1.82, 2.24) is 0 Å². The molecule has 4 N–H and O–H groups in total. The van der Waals surface area contributed by atoms with Crippen LogP contribution >= 0.6 is 0 Å². The highest BCUT2D eigenvalue weighted by Crippen LogP contribution is 2.27. The molecule has 0 fully saturated rings. The summed E-state index contributed by atoms with van der Waals surface area (Å²) in [6.07, 6.45) is 0. The molecule has 11 heavy (non-hydrogen) atoms. The number of hydrogen-bond donors (Lipinski definition) is 3. The van der Waals surface area contributed by atoms with Crippen LogP contribution in [0.25, 0.3) is 0 Å². The van der Waals surface area contributed by atoms with Gasteiger partial charge in [0.25, 0.3) is 0 Å². The predicted molar refractivity (Wildman–Crippen MR) is 45.4 cm³/mol. The van der Waals surface area contributed by atoms with Crippen LogP contribution in [0.2, 0.25) is 0 Å². The van der Waals surface area contributed by atoms with E-state index >= 15 is 0 Å². The number of nitrogen functional groups attached to an aromatic ring is 1. The second-order valence-electron chi connectivity index (χ2n) is 2.62. The smallest absolute Gasteiger partial charge is 0.142 e. The van der Waals surface area contributed by atoms with Crippen LogP contribution in [0.5, 0.6) is 5.75 Å². The quantitative estimate of drug-likeness (QED) is 0.323. The van der Waals surface area contributed by atoms with Gasteiger partial charge in [-0.15, -0.1) is 0 Å². The van der Waals surface area contributed by atoms with E-state index < -0.39 is 0 Å². The van der Waals surface area contributed by atoms with E-state index in [2.05, 4.69) is 5.43 Å². The van der Waals surface area contributed by atoms with Crippen molar-refractivity contribution in [2.45, 2.75) is 13.8 Å². The van der Waals surface area contributed by atoms with Gasteiger partial charge in [-0.3, -0.25) is 5.84 Å². The zero-order chi connectivity index (χ0) is 8.43. The van der Waals surface area contributed by atoms with E-state index in [1.807, 2.05) is 19.9 Å². The first kappa shape index (κ1) is 7.88. The van der Waals surface area contributed by atoms with Gasteiger partial charge in [-0.2, -0.15) is 0 Å². The topological polar surface area (TPSA) is 58.3 Å². The Morgan fingerprint density at radius 1 is 1.36 bits per heavy atom. The van der Waals surface area contributed by atoms with Crippen LogP contribution in [0.15, 0.2) is 12.1 Å². The largest absolute Gasteiger partial charge is 0.505 e. The van der Waals surface area contributed by atoms with Crippen LogP contribution in [-0.2, 0) is 0 Å². The van der Waals surface area contributed by atoms with Crippen LogP contribution in [0.3, 0.4) is 0 Å². The number of phenols is 1. The molecule has 3 nitrogen and oxygen atoms in total. The number of aryl methyl sites for hydroxylation is 2. The van der Waals surface area contributed by atoms with Crippen LogP contribution in [0, 0.1) is 13.8 Å². The molecule has 0 bridgehead atoms. The SMILES string of the molecule is Cc1cc(C)c(O)c(NN)c1. The fourth-order valence-corrected chi connectivity index (χ4v) is 1.07. The Morgan fingerprint density at radius 2 is 2.00 bits per heavy atom. The lowest BCUT2D eigenvalue weighted by atomic mass is 10.1. The highest BCUT2D eigenvalue weighted by Gasteiger charge is 2.02. The number of nitrogens with one attached hydrogen (secondary N) is 1. The van der Waals surface area contributed by atoms with Crippen molar-refractivity contribution in [2.75, 3.05) is 5.43 Å². The molecule has 0 saturated carbocycles. The van der Waals surface area contributed by atoms with Crippen LogP contribution in [0.1, 0.15) is 11.1 Å². The number of hydrogen-bond acceptors (Lipinski definition) is 3. The van der Waals surface area contributed by atoms with Gasteiger partial charge in [-0.1, -0.05) is 6.07 Å². The number of rotatable bonds is 1. The van der Waals surface area contributed by atoms with E-state index in [0.29, 0.717) is 5.69 Å². The monoisotopic (exact) mass is 152 g/mol. The molecule has 0 radical (unpaired) electrons. The molecule has 0 saturated heterocycles. The number of anilines is 1. The highest BCUT2D eigenvalue weighted by atomic mass is 16.3. The summed E-state index contributed by atoms with van der Waals surface area (Å²) in [5.41, 5.74) is 4.91. The van der Waals surface area contributed by atoms with E-state index in [9.17, 15) is 5.11 Å². The number of benzene rings is 1. The van der Waals surface area contributed by atoms with Crippen molar-refractivity contribution in [3.63, 3.8) is 0 Å². The molecule has 0 aliphatic carbocycles. The molecule has 1 rings (SSSR count). The molecule has 60 valence electrons. The summed E-state index contributed by atoms with van der Waals surface area (Å²) < 4.78 is 0. The van der Waals surface area contributed by atoms with Crippen LogP contribution in [0.4, 0.5) is 5.69 Å². The molecule has 0 aliphatic rings. The minimum Gasteiger partial charge on any atom is -0.505 e. The average Bonchev–Trinajstić information content (AvgIpc) is 1.96. The first-order valence-electron chi connectivity index (χ1n) is 3.42. The fraction of sp³-hybridized carbons (Fsp3) is 0.250. The van der Waals surface area contributed by atoms with Crippen molar-refractivity contribution >= 4 is 5.69 Å². The molecule has 0 heterocycles. The molecule has 3 heteroatoms. The van der Waals surface area contributed by atoms with Crippen molar-refractivity contribution < 1.29 is 5.11 Å². The Morgan fingerprint density at radius 3 is 2.55 bits per heavy atom. The maximum Gasteiger partial charge on any atom is 0.142 e. The summed E-state index contributed by atoms with van der Waals surface area (Å²) in [6, 6.07) is 3.69. The van der Waals surface area contributed by atoms with Gasteiger partial charge in [0.2, 0.25) is 0 Å². The minimum atomic E-state index is 0.220. The minimum absolute atomic E-state index is 0.220. The maximum atomic E-state index is 9.38. The molecule has 1 aromatic carbocycles. The molecule has 0 aliphatic heterocycles. The van der Waals surface area contributed by atoms with Gasteiger partial charge >= 0.3 is 0 Å². The van der Waals surface area contributed by atoms with Crippen molar-refractivity contribution in [2.24, 2.45) is 5.84 Å². The van der Waals surface area contributed by atoms with E-state index in [1.54, 1.807) is 6.07 Å². The molecule has 0 atom stereocenters. The molecule has 0 aromatic heterocycles. The number of nitrogens with two attached hydrogens (primary N) is 1. The van der Waals surface area contributed by atoms with Gasteiger partial charge in [0, 0.05) is 0 Å². The summed E-state index contributed by atoms with van der Waals surface area (Å²) >= 11 is 0.